The van der Waals surface area contributed by atoms with E-state index in [1.807, 2.05) is 22.9 Å². The maximum Gasteiger partial charge on any atom is 0.117 e. The van der Waals surface area contributed by atoms with Gasteiger partial charge in [0.1, 0.15) is 5.60 Å². The largest absolute Gasteiger partial charge is 0.380 e. The molecule has 0 amide bonds. The van der Waals surface area contributed by atoms with Crippen molar-refractivity contribution in [1.82, 2.24) is 5.32 Å². The maximum atomic E-state index is 11.2. The second-order valence-electron chi connectivity index (χ2n) is 5.92. The number of hydrogen-bond acceptors (Lipinski definition) is 4. The fraction of sp³-hybridized carbons (Fsp3) is 0.529. The lowest BCUT2D eigenvalue weighted by molar-refractivity contribution is 0.0707. The van der Waals surface area contributed by atoms with E-state index in [-0.39, 0.29) is 0 Å². The number of rotatable bonds is 6. The van der Waals surface area contributed by atoms with Gasteiger partial charge < -0.3 is 10.4 Å². The van der Waals surface area contributed by atoms with Crippen LogP contribution in [0.15, 0.2) is 33.7 Å². The smallest absolute Gasteiger partial charge is 0.117 e. The molecular weight excluding hydrogens is 298 g/mol. The van der Waals surface area contributed by atoms with Crippen LogP contribution in [0, 0.1) is 0 Å². The van der Waals surface area contributed by atoms with Gasteiger partial charge in [0, 0.05) is 6.04 Å². The number of nitrogens with one attached hydrogen (secondary N) is 1. The fourth-order valence-corrected chi connectivity index (χ4v) is 4.67. The Morgan fingerprint density at radius 2 is 1.67 bits per heavy atom. The summed E-state index contributed by atoms with van der Waals surface area (Å²) in [4.78, 5) is 0. The molecule has 2 aromatic rings. The molecule has 0 aliphatic heterocycles. The molecule has 1 aliphatic rings. The Morgan fingerprint density at radius 3 is 2.19 bits per heavy atom. The molecule has 0 spiro atoms. The number of aliphatic hydroxyl groups is 1. The van der Waals surface area contributed by atoms with Crippen molar-refractivity contribution in [2.45, 2.75) is 50.2 Å². The molecule has 2 heterocycles. The molecule has 0 unspecified atom stereocenters. The quantitative estimate of drug-likeness (QED) is 0.828. The number of thiophene rings is 2. The highest BCUT2D eigenvalue weighted by atomic mass is 32.1. The Labute approximate surface area is 134 Å². The lowest BCUT2D eigenvalue weighted by atomic mass is 9.86. The van der Waals surface area contributed by atoms with Gasteiger partial charge in [-0.05, 0) is 70.6 Å². The summed E-state index contributed by atoms with van der Waals surface area (Å²) in [6.07, 6.45) is 7.38. The molecule has 0 atom stereocenters. The third-order valence-electron chi connectivity index (χ3n) is 4.52. The summed E-state index contributed by atoms with van der Waals surface area (Å²) in [6.45, 7) is 0.868. The van der Waals surface area contributed by atoms with Crippen LogP contribution in [-0.2, 0) is 5.60 Å². The van der Waals surface area contributed by atoms with E-state index in [1.54, 1.807) is 22.7 Å². The molecule has 2 aromatic heterocycles. The zero-order valence-corrected chi connectivity index (χ0v) is 13.9. The first-order valence-corrected chi connectivity index (χ1v) is 9.69. The Hall–Kier alpha value is -0.680. The van der Waals surface area contributed by atoms with Gasteiger partial charge in [-0.1, -0.05) is 19.3 Å². The van der Waals surface area contributed by atoms with Crippen LogP contribution in [0.5, 0.6) is 0 Å². The molecule has 0 bridgehead atoms. The Bertz CT molecular complexity index is 481. The predicted molar refractivity (Wildman–Crippen MR) is 91.1 cm³/mol. The zero-order valence-electron chi connectivity index (χ0n) is 12.3. The molecule has 0 saturated heterocycles. The van der Waals surface area contributed by atoms with Crippen molar-refractivity contribution in [3.63, 3.8) is 0 Å². The van der Waals surface area contributed by atoms with E-state index in [4.69, 9.17) is 0 Å². The average molecular weight is 322 g/mol. The SMILES string of the molecule is OC(CCNC1CCCCC1)(c1ccsc1)c1ccsc1. The van der Waals surface area contributed by atoms with Crippen LogP contribution in [0.1, 0.15) is 49.7 Å². The van der Waals surface area contributed by atoms with Gasteiger partial charge in [0.15, 0.2) is 0 Å². The second-order valence-corrected chi connectivity index (χ2v) is 7.48. The van der Waals surface area contributed by atoms with Gasteiger partial charge in [0.25, 0.3) is 0 Å². The lowest BCUT2D eigenvalue weighted by Crippen LogP contribution is -2.36. The van der Waals surface area contributed by atoms with E-state index in [0.29, 0.717) is 6.04 Å². The molecule has 21 heavy (non-hydrogen) atoms. The highest BCUT2D eigenvalue weighted by molar-refractivity contribution is 7.08. The molecular formula is C17H23NOS2. The van der Waals surface area contributed by atoms with Crippen molar-refractivity contribution < 1.29 is 5.11 Å². The van der Waals surface area contributed by atoms with Crippen LogP contribution in [0.25, 0.3) is 0 Å². The van der Waals surface area contributed by atoms with Gasteiger partial charge in [-0.2, -0.15) is 22.7 Å². The average Bonchev–Trinajstić information content (AvgIpc) is 3.22. The summed E-state index contributed by atoms with van der Waals surface area (Å²) < 4.78 is 0. The van der Waals surface area contributed by atoms with Crippen LogP contribution >= 0.6 is 22.7 Å². The van der Waals surface area contributed by atoms with Gasteiger partial charge >= 0.3 is 0 Å². The third-order valence-corrected chi connectivity index (χ3v) is 5.89. The summed E-state index contributed by atoms with van der Waals surface area (Å²) in [7, 11) is 0. The number of hydrogen-bond donors (Lipinski definition) is 2. The monoisotopic (exact) mass is 321 g/mol. The normalized spacial score (nSPS) is 17.2. The van der Waals surface area contributed by atoms with Crippen molar-refractivity contribution in [2.24, 2.45) is 0 Å². The molecule has 0 radical (unpaired) electrons. The van der Waals surface area contributed by atoms with Gasteiger partial charge in [-0.25, -0.2) is 0 Å². The molecule has 2 nitrogen and oxygen atoms in total. The van der Waals surface area contributed by atoms with E-state index in [9.17, 15) is 5.11 Å². The van der Waals surface area contributed by atoms with E-state index in [1.165, 1.54) is 32.1 Å². The van der Waals surface area contributed by atoms with E-state index < -0.39 is 5.60 Å². The van der Waals surface area contributed by atoms with Crippen LogP contribution in [0.2, 0.25) is 0 Å². The van der Waals surface area contributed by atoms with Gasteiger partial charge in [-0.15, -0.1) is 0 Å². The minimum Gasteiger partial charge on any atom is -0.380 e. The molecule has 2 N–H and O–H groups in total. The molecule has 1 fully saturated rings. The van der Waals surface area contributed by atoms with E-state index in [2.05, 4.69) is 16.1 Å². The van der Waals surface area contributed by atoms with Gasteiger partial charge in [0.2, 0.25) is 0 Å². The molecule has 3 rings (SSSR count). The fourth-order valence-electron chi connectivity index (χ4n) is 3.22. The lowest BCUT2D eigenvalue weighted by Gasteiger charge is -2.29. The highest BCUT2D eigenvalue weighted by Crippen LogP contribution is 2.35. The predicted octanol–water partition coefficient (Wildman–Crippen LogP) is 4.36. The summed E-state index contributed by atoms with van der Waals surface area (Å²) in [5.74, 6) is 0. The summed E-state index contributed by atoms with van der Waals surface area (Å²) in [6, 6.07) is 4.74. The second kappa shape index (κ2) is 7.05. The summed E-state index contributed by atoms with van der Waals surface area (Å²) in [5.41, 5.74) is 1.20. The van der Waals surface area contributed by atoms with Crippen LogP contribution in [0.3, 0.4) is 0 Å². The van der Waals surface area contributed by atoms with E-state index >= 15 is 0 Å². The summed E-state index contributed by atoms with van der Waals surface area (Å²) in [5, 5.41) is 23.1. The van der Waals surface area contributed by atoms with Gasteiger partial charge in [0.05, 0.1) is 0 Å². The first kappa shape index (κ1) is 15.2. The van der Waals surface area contributed by atoms with E-state index in [0.717, 1.165) is 24.1 Å². The molecule has 0 aromatic carbocycles. The van der Waals surface area contributed by atoms with Crippen molar-refractivity contribution in [2.75, 3.05) is 6.54 Å². The van der Waals surface area contributed by atoms with Crippen molar-refractivity contribution in [3.8, 4) is 0 Å². The standard InChI is InChI=1S/C17H23NOS2/c19-17(14-6-10-20-12-14,15-7-11-21-13-15)8-9-18-16-4-2-1-3-5-16/h6-7,10-13,16,18-19H,1-5,8-9H2. The third kappa shape index (κ3) is 3.57. The van der Waals surface area contributed by atoms with Gasteiger partial charge in [-0.3, -0.25) is 0 Å². The topological polar surface area (TPSA) is 32.3 Å². The Morgan fingerprint density at radius 1 is 1.05 bits per heavy atom. The van der Waals surface area contributed by atoms with Crippen molar-refractivity contribution in [3.05, 3.63) is 44.8 Å². The maximum absolute atomic E-state index is 11.2. The molecule has 1 saturated carbocycles. The Balaban J connectivity index is 1.66. The molecule has 1 aliphatic carbocycles. The highest BCUT2D eigenvalue weighted by Gasteiger charge is 2.32. The van der Waals surface area contributed by atoms with Crippen LogP contribution in [0.4, 0.5) is 0 Å². The minimum atomic E-state index is -0.846. The summed E-state index contributed by atoms with van der Waals surface area (Å²) >= 11 is 3.30. The minimum absolute atomic E-state index is 0.646. The molecule has 4 heteroatoms. The van der Waals surface area contributed by atoms with Crippen LogP contribution in [-0.4, -0.2) is 17.7 Å². The zero-order chi connectivity index (χ0) is 14.5. The van der Waals surface area contributed by atoms with Crippen molar-refractivity contribution in [1.29, 1.82) is 0 Å². The Kier molecular flexibility index (Phi) is 5.11. The first-order chi connectivity index (χ1) is 10.3. The molecule has 114 valence electrons. The van der Waals surface area contributed by atoms with Crippen LogP contribution < -0.4 is 5.32 Å². The first-order valence-electron chi connectivity index (χ1n) is 7.80. The van der Waals surface area contributed by atoms with Crippen molar-refractivity contribution >= 4 is 22.7 Å².